The van der Waals surface area contributed by atoms with Crippen molar-refractivity contribution in [2.45, 2.75) is 53.0 Å². The molecule has 0 unspecified atom stereocenters. The number of unbranched alkanes of at least 4 members (excludes halogenated alkanes) is 1. The Bertz CT molecular complexity index is 772. The Balaban J connectivity index is 1.45. The lowest BCUT2D eigenvalue weighted by Crippen LogP contribution is -2.51. The summed E-state index contributed by atoms with van der Waals surface area (Å²) in [5.74, 6) is 1.21. The van der Waals surface area contributed by atoms with Crippen LogP contribution in [0.25, 0.3) is 0 Å². The van der Waals surface area contributed by atoms with E-state index in [1.807, 2.05) is 25.7 Å². The van der Waals surface area contributed by atoms with Crippen LogP contribution in [0.5, 0.6) is 0 Å². The van der Waals surface area contributed by atoms with Gasteiger partial charge in [-0.3, -0.25) is 9.69 Å². The van der Waals surface area contributed by atoms with E-state index >= 15 is 0 Å². The Morgan fingerprint density at radius 3 is 2.31 bits per heavy atom. The Hall–Kier alpha value is -1.45. The first-order valence-electron chi connectivity index (χ1n) is 10.7. The number of piperidine rings is 1. The number of aryl methyl sites for hydroxylation is 2. The van der Waals surface area contributed by atoms with Crippen LogP contribution < -0.4 is 0 Å². The highest BCUT2D eigenvalue weighted by Gasteiger charge is 2.33. The second-order valence-electron chi connectivity index (χ2n) is 8.25. The van der Waals surface area contributed by atoms with Gasteiger partial charge in [-0.1, -0.05) is 18.5 Å². The van der Waals surface area contributed by atoms with Crippen LogP contribution in [0, 0.1) is 19.8 Å². The number of hydrogen-bond donors (Lipinski definition) is 0. The highest BCUT2D eigenvalue weighted by atomic mass is 32.2. The van der Waals surface area contributed by atoms with Crippen LogP contribution in [-0.2, 0) is 21.4 Å². The van der Waals surface area contributed by atoms with E-state index in [2.05, 4.69) is 10.1 Å². The van der Waals surface area contributed by atoms with Gasteiger partial charge in [0.1, 0.15) is 5.76 Å². The quantitative estimate of drug-likeness (QED) is 0.661. The third-order valence-corrected chi connectivity index (χ3v) is 8.16. The number of sulfonamides is 1. The molecule has 0 bridgehead atoms. The van der Waals surface area contributed by atoms with Gasteiger partial charge >= 0.3 is 0 Å². The summed E-state index contributed by atoms with van der Waals surface area (Å²) in [5.41, 5.74) is 2.07. The summed E-state index contributed by atoms with van der Waals surface area (Å²) < 4.78 is 31.5. The standard InChI is InChI=1S/C20H34N4O4S/c1-4-5-14-29(26,27)24-8-6-18(7-9-24)20(25)23-12-10-22(11-13-23)15-19-16(2)21-28-17(19)3/h18H,4-15H2,1-3H3. The highest BCUT2D eigenvalue weighted by molar-refractivity contribution is 7.89. The monoisotopic (exact) mass is 426 g/mol. The zero-order valence-electron chi connectivity index (χ0n) is 17.9. The molecule has 2 aliphatic rings. The van der Waals surface area contributed by atoms with Gasteiger partial charge in [0.2, 0.25) is 15.9 Å². The minimum absolute atomic E-state index is 0.0539. The summed E-state index contributed by atoms with van der Waals surface area (Å²) in [6.07, 6.45) is 2.82. The topological polar surface area (TPSA) is 87.0 Å². The van der Waals surface area contributed by atoms with E-state index < -0.39 is 10.0 Å². The number of aromatic nitrogens is 1. The zero-order chi connectivity index (χ0) is 21.0. The number of piperazine rings is 1. The molecule has 0 spiro atoms. The highest BCUT2D eigenvalue weighted by Crippen LogP contribution is 2.23. The number of nitrogens with zero attached hydrogens (tertiary/aromatic N) is 4. The van der Waals surface area contributed by atoms with Crippen molar-refractivity contribution in [1.29, 1.82) is 0 Å². The van der Waals surface area contributed by atoms with Crippen molar-refractivity contribution in [2.75, 3.05) is 45.0 Å². The summed E-state index contributed by atoms with van der Waals surface area (Å²) in [7, 11) is -3.17. The molecule has 0 saturated carbocycles. The zero-order valence-corrected chi connectivity index (χ0v) is 18.7. The molecule has 164 valence electrons. The molecule has 0 aliphatic carbocycles. The predicted molar refractivity (Wildman–Crippen MR) is 111 cm³/mol. The van der Waals surface area contributed by atoms with E-state index in [9.17, 15) is 13.2 Å². The van der Waals surface area contributed by atoms with E-state index in [0.29, 0.717) is 32.4 Å². The lowest BCUT2D eigenvalue weighted by atomic mass is 9.96. The van der Waals surface area contributed by atoms with Crippen LogP contribution in [-0.4, -0.2) is 78.6 Å². The number of carbonyl (C=O) groups excluding carboxylic acids is 1. The molecule has 29 heavy (non-hydrogen) atoms. The number of carbonyl (C=O) groups is 1. The molecule has 2 fully saturated rings. The van der Waals surface area contributed by atoms with Gasteiger partial charge in [0.15, 0.2) is 0 Å². The van der Waals surface area contributed by atoms with Crippen LogP contribution in [0.2, 0.25) is 0 Å². The molecule has 1 amide bonds. The van der Waals surface area contributed by atoms with Crippen LogP contribution in [0.3, 0.4) is 0 Å². The number of amides is 1. The van der Waals surface area contributed by atoms with E-state index in [1.165, 1.54) is 0 Å². The predicted octanol–water partition coefficient (Wildman–Crippen LogP) is 1.78. The molecule has 2 saturated heterocycles. The fraction of sp³-hybridized carbons (Fsp3) is 0.800. The van der Waals surface area contributed by atoms with E-state index in [1.54, 1.807) is 4.31 Å². The van der Waals surface area contributed by atoms with Crippen LogP contribution in [0.1, 0.15) is 49.6 Å². The molecule has 1 aromatic rings. The summed E-state index contributed by atoms with van der Waals surface area (Å²) in [6.45, 7) is 10.7. The van der Waals surface area contributed by atoms with E-state index in [0.717, 1.165) is 56.2 Å². The van der Waals surface area contributed by atoms with Crippen LogP contribution in [0.4, 0.5) is 0 Å². The molecule has 1 aromatic heterocycles. The van der Waals surface area contributed by atoms with Gasteiger partial charge < -0.3 is 9.42 Å². The molecule has 0 aromatic carbocycles. The summed E-state index contributed by atoms with van der Waals surface area (Å²) in [5, 5.41) is 4.01. The third-order valence-electron chi connectivity index (χ3n) is 6.20. The number of rotatable bonds is 7. The van der Waals surface area contributed by atoms with Crippen LogP contribution >= 0.6 is 0 Å². The molecule has 9 heteroatoms. The van der Waals surface area contributed by atoms with Crippen LogP contribution in [0.15, 0.2) is 4.52 Å². The maximum absolute atomic E-state index is 12.9. The first-order chi connectivity index (χ1) is 13.8. The summed E-state index contributed by atoms with van der Waals surface area (Å²) in [4.78, 5) is 17.2. The molecule has 0 N–H and O–H groups in total. The minimum Gasteiger partial charge on any atom is -0.361 e. The van der Waals surface area contributed by atoms with Gasteiger partial charge in [0.05, 0.1) is 11.4 Å². The van der Waals surface area contributed by atoms with Crippen molar-refractivity contribution in [1.82, 2.24) is 19.3 Å². The average Bonchev–Trinajstić information content (AvgIpc) is 3.04. The van der Waals surface area contributed by atoms with Gasteiger partial charge in [0.25, 0.3) is 0 Å². The lowest BCUT2D eigenvalue weighted by Gasteiger charge is -2.38. The summed E-state index contributed by atoms with van der Waals surface area (Å²) >= 11 is 0. The maximum Gasteiger partial charge on any atom is 0.225 e. The fourth-order valence-corrected chi connectivity index (χ4v) is 5.85. The Morgan fingerprint density at radius 1 is 1.10 bits per heavy atom. The first-order valence-corrected chi connectivity index (χ1v) is 12.3. The maximum atomic E-state index is 12.9. The molecule has 3 heterocycles. The van der Waals surface area contributed by atoms with E-state index in [4.69, 9.17) is 4.52 Å². The smallest absolute Gasteiger partial charge is 0.225 e. The normalized spacial score (nSPS) is 20.3. The first kappa shape index (κ1) is 22.2. The van der Waals surface area contributed by atoms with Gasteiger partial charge in [-0.15, -0.1) is 0 Å². The fourth-order valence-electron chi connectivity index (χ4n) is 4.17. The molecule has 3 rings (SSSR count). The second kappa shape index (κ2) is 9.57. The largest absolute Gasteiger partial charge is 0.361 e. The van der Waals surface area contributed by atoms with Crippen molar-refractivity contribution < 1.29 is 17.7 Å². The van der Waals surface area contributed by atoms with Crippen molar-refractivity contribution in [3.8, 4) is 0 Å². The van der Waals surface area contributed by atoms with Gasteiger partial charge in [-0.2, -0.15) is 0 Å². The van der Waals surface area contributed by atoms with Crippen molar-refractivity contribution in [2.24, 2.45) is 5.92 Å². The molecular weight excluding hydrogens is 392 g/mol. The van der Waals surface area contributed by atoms with Gasteiger partial charge in [-0.05, 0) is 33.1 Å². The summed E-state index contributed by atoms with van der Waals surface area (Å²) in [6, 6.07) is 0. The van der Waals surface area contributed by atoms with Crippen molar-refractivity contribution >= 4 is 15.9 Å². The number of hydrogen-bond acceptors (Lipinski definition) is 6. The van der Waals surface area contributed by atoms with E-state index in [-0.39, 0.29) is 17.6 Å². The molecular formula is C20H34N4O4S. The molecule has 8 nitrogen and oxygen atoms in total. The van der Waals surface area contributed by atoms with Crippen molar-refractivity contribution in [3.05, 3.63) is 17.0 Å². The van der Waals surface area contributed by atoms with Gasteiger partial charge in [-0.25, -0.2) is 12.7 Å². The molecule has 0 atom stereocenters. The Kier molecular flexibility index (Phi) is 7.34. The van der Waals surface area contributed by atoms with Gasteiger partial charge in [0, 0.05) is 57.3 Å². The molecule has 2 aliphatic heterocycles. The minimum atomic E-state index is -3.17. The average molecular weight is 427 g/mol. The lowest BCUT2D eigenvalue weighted by molar-refractivity contribution is -0.138. The SMILES string of the molecule is CCCCS(=O)(=O)N1CCC(C(=O)N2CCN(Cc3c(C)noc3C)CC2)CC1. The Labute approximate surface area is 174 Å². The molecule has 0 radical (unpaired) electrons. The second-order valence-corrected chi connectivity index (χ2v) is 10.3. The Morgan fingerprint density at radius 2 is 1.76 bits per heavy atom. The third kappa shape index (κ3) is 5.38. The van der Waals surface area contributed by atoms with Crippen molar-refractivity contribution in [3.63, 3.8) is 0 Å².